The number of nitrogens with zero attached hydrogens (tertiary/aromatic N) is 1. The lowest BCUT2D eigenvalue weighted by atomic mass is 10.2. The number of anilines is 1. The fourth-order valence-electron chi connectivity index (χ4n) is 1.73. The Hall–Kier alpha value is -1.26. The molecule has 4 nitrogen and oxygen atoms in total. The predicted octanol–water partition coefficient (Wildman–Crippen LogP) is 0.978. The number of carbonyl (C=O) groups is 1. The number of carbonyl (C=O) groups excluding carboxylic acids is 1. The first-order valence-corrected chi connectivity index (χ1v) is 5.61. The van der Waals surface area contributed by atoms with Gasteiger partial charge in [0.1, 0.15) is 17.7 Å². The molecule has 1 amide bonds. The number of ether oxygens (including phenoxy) is 1. The number of hydrogen-bond acceptors (Lipinski definition) is 3. The largest absolute Gasteiger partial charge is 0.485 e. The molecule has 0 fully saturated rings. The van der Waals surface area contributed by atoms with E-state index in [1.165, 1.54) is 0 Å². The van der Waals surface area contributed by atoms with E-state index >= 15 is 0 Å². The SMILES string of the molecule is NCC1CN(C(=O)CCl)c2ccccc2O1. The molecule has 1 aliphatic rings. The van der Waals surface area contributed by atoms with Crippen LogP contribution in [0.3, 0.4) is 0 Å². The predicted molar refractivity (Wildman–Crippen MR) is 63.0 cm³/mol. The molecule has 86 valence electrons. The highest BCUT2D eigenvalue weighted by molar-refractivity contribution is 6.29. The van der Waals surface area contributed by atoms with Crippen LogP contribution >= 0.6 is 11.6 Å². The van der Waals surface area contributed by atoms with Gasteiger partial charge in [0, 0.05) is 6.54 Å². The van der Waals surface area contributed by atoms with Crippen LogP contribution < -0.4 is 15.4 Å². The zero-order chi connectivity index (χ0) is 11.5. The van der Waals surface area contributed by atoms with Gasteiger partial charge < -0.3 is 15.4 Å². The van der Waals surface area contributed by atoms with Gasteiger partial charge in [-0.1, -0.05) is 12.1 Å². The molecule has 1 heterocycles. The van der Waals surface area contributed by atoms with Crippen LogP contribution in [0, 0.1) is 0 Å². The van der Waals surface area contributed by atoms with Crippen molar-refractivity contribution < 1.29 is 9.53 Å². The Morgan fingerprint density at radius 2 is 2.31 bits per heavy atom. The number of rotatable bonds is 2. The third-order valence-corrected chi connectivity index (χ3v) is 2.74. The maximum Gasteiger partial charge on any atom is 0.242 e. The zero-order valence-corrected chi connectivity index (χ0v) is 9.48. The zero-order valence-electron chi connectivity index (χ0n) is 8.73. The molecule has 0 radical (unpaired) electrons. The van der Waals surface area contributed by atoms with E-state index in [4.69, 9.17) is 22.1 Å². The van der Waals surface area contributed by atoms with Gasteiger partial charge in [0.2, 0.25) is 5.91 Å². The molecule has 1 atom stereocenters. The number of amides is 1. The van der Waals surface area contributed by atoms with E-state index in [9.17, 15) is 4.79 Å². The first-order chi connectivity index (χ1) is 7.76. The smallest absolute Gasteiger partial charge is 0.242 e. The summed E-state index contributed by atoms with van der Waals surface area (Å²) in [7, 11) is 0. The van der Waals surface area contributed by atoms with Crippen LogP contribution in [-0.4, -0.2) is 31.0 Å². The molecule has 2 rings (SSSR count). The number of halogens is 1. The van der Waals surface area contributed by atoms with Crippen molar-refractivity contribution in [2.45, 2.75) is 6.10 Å². The van der Waals surface area contributed by atoms with Crippen molar-refractivity contribution in [3.05, 3.63) is 24.3 Å². The van der Waals surface area contributed by atoms with E-state index in [0.29, 0.717) is 18.8 Å². The van der Waals surface area contributed by atoms with Crippen LogP contribution in [0.25, 0.3) is 0 Å². The Kier molecular flexibility index (Phi) is 3.31. The summed E-state index contributed by atoms with van der Waals surface area (Å²) in [5.41, 5.74) is 6.33. The molecule has 1 aliphatic heterocycles. The Morgan fingerprint density at radius 1 is 1.56 bits per heavy atom. The van der Waals surface area contributed by atoms with Crippen LogP contribution in [0.5, 0.6) is 5.75 Å². The molecule has 1 aromatic rings. The van der Waals surface area contributed by atoms with Gasteiger partial charge in [-0.25, -0.2) is 0 Å². The fraction of sp³-hybridized carbons (Fsp3) is 0.364. The first kappa shape index (κ1) is 11.2. The van der Waals surface area contributed by atoms with Crippen LogP contribution in [-0.2, 0) is 4.79 Å². The summed E-state index contributed by atoms with van der Waals surface area (Å²) in [6.07, 6.45) is -0.165. The van der Waals surface area contributed by atoms with Gasteiger partial charge in [-0.05, 0) is 12.1 Å². The molecule has 0 aliphatic carbocycles. The Morgan fingerprint density at radius 3 is 3.00 bits per heavy atom. The van der Waals surface area contributed by atoms with E-state index in [-0.39, 0.29) is 17.9 Å². The standard InChI is InChI=1S/C11H13ClN2O2/c12-5-11(15)14-7-8(6-13)16-10-4-2-1-3-9(10)14/h1-4,8H,5-7,13H2. The minimum atomic E-state index is -0.165. The molecule has 1 aromatic carbocycles. The maximum absolute atomic E-state index is 11.7. The van der Waals surface area contributed by atoms with Crippen molar-refractivity contribution in [2.75, 3.05) is 23.9 Å². The average Bonchev–Trinajstić information content (AvgIpc) is 2.36. The third kappa shape index (κ3) is 1.99. The van der Waals surface area contributed by atoms with Crippen molar-refractivity contribution in [3.63, 3.8) is 0 Å². The van der Waals surface area contributed by atoms with Crippen molar-refractivity contribution in [3.8, 4) is 5.75 Å². The monoisotopic (exact) mass is 240 g/mol. The number of nitrogens with two attached hydrogens (primary N) is 1. The second-order valence-electron chi connectivity index (χ2n) is 3.58. The van der Waals surface area contributed by atoms with E-state index in [1.54, 1.807) is 4.90 Å². The van der Waals surface area contributed by atoms with Gasteiger partial charge in [0.15, 0.2) is 0 Å². The normalized spacial score (nSPS) is 18.9. The van der Waals surface area contributed by atoms with Crippen molar-refractivity contribution >= 4 is 23.2 Å². The highest BCUT2D eigenvalue weighted by atomic mass is 35.5. The minimum absolute atomic E-state index is 0.0361. The van der Waals surface area contributed by atoms with Crippen LogP contribution in [0.15, 0.2) is 24.3 Å². The van der Waals surface area contributed by atoms with Crippen LogP contribution in [0.2, 0.25) is 0 Å². The van der Waals surface area contributed by atoms with Gasteiger partial charge in [0.25, 0.3) is 0 Å². The number of para-hydroxylation sites is 2. The highest BCUT2D eigenvalue weighted by Gasteiger charge is 2.28. The lowest BCUT2D eigenvalue weighted by molar-refractivity contribution is -0.116. The van der Waals surface area contributed by atoms with Crippen molar-refractivity contribution in [1.29, 1.82) is 0 Å². The van der Waals surface area contributed by atoms with Gasteiger partial charge in [0.05, 0.1) is 12.2 Å². The molecular weight excluding hydrogens is 228 g/mol. The number of alkyl halides is 1. The fourth-order valence-corrected chi connectivity index (χ4v) is 1.87. The topological polar surface area (TPSA) is 55.6 Å². The maximum atomic E-state index is 11.7. The first-order valence-electron chi connectivity index (χ1n) is 5.08. The Labute approximate surface area is 98.9 Å². The molecule has 0 bridgehead atoms. The molecule has 0 saturated carbocycles. The summed E-state index contributed by atoms with van der Waals surface area (Å²) in [5.74, 6) is 0.518. The minimum Gasteiger partial charge on any atom is -0.485 e. The molecule has 2 N–H and O–H groups in total. The number of fused-ring (bicyclic) bond motifs is 1. The molecule has 0 saturated heterocycles. The van der Waals surface area contributed by atoms with Crippen LogP contribution in [0.1, 0.15) is 0 Å². The van der Waals surface area contributed by atoms with Gasteiger partial charge in [-0.2, -0.15) is 0 Å². The van der Waals surface area contributed by atoms with Crippen LogP contribution in [0.4, 0.5) is 5.69 Å². The molecule has 5 heteroatoms. The summed E-state index contributed by atoms with van der Waals surface area (Å²) in [4.78, 5) is 13.3. The molecular formula is C11H13ClN2O2. The summed E-state index contributed by atoms with van der Waals surface area (Å²) in [6, 6.07) is 7.39. The lowest BCUT2D eigenvalue weighted by Gasteiger charge is -2.34. The number of hydrogen-bond donors (Lipinski definition) is 1. The lowest BCUT2D eigenvalue weighted by Crippen LogP contribution is -2.47. The summed E-state index contributed by atoms with van der Waals surface area (Å²) >= 11 is 5.58. The van der Waals surface area contributed by atoms with Crippen molar-refractivity contribution in [2.24, 2.45) is 5.73 Å². The van der Waals surface area contributed by atoms with E-state index < -0.39 is 0 Å². The molecule has 0 aromatic heterocycles. The van der Waals surface area contributed by atoms with Gasteiger partial charge >= 0.3 is 0 Å². The quantitative estimate of drug-likeness (QED) is 0.784. The molecule has 1 unspecified atom stereocenters. The van der Waals surface area contributed by atoms with E-state index in [2.05, 4.69) is 0 Å². The van der Waals surface area contributed by atoms with E-state index in [0.717, 1.165) is 5.69 Å². The Bertz CT molecular complexity index is 397. The molecule has 0 spiro atoms. The number of benzene rings is 1. The Balaban J connectivity index is 2.35. The van der Waals surface area contributed by atoms with Gasteiger partial charge in [-0.3, -0.25) is 4.79 Å². The third-order valence-electron chi connectivity index (χ3n) is 2.51. The van der Waals surface area contributed by atoms with Gasteiger partial charge in [-0.15, -0.1) is 11.6 Å². The summed E-state index contributed by atoms with van der Waals surface area (Å²) in [5, 5.41) is 0. The van der Waals surface area contributed by atoms with E-state index in [1.807, 2.05) is 24.3 Å². The highest BCUT2D eigenvalue weighted by Crippen LogP contribution is 2.32. The average molecular weight is 241 g/mol. The second kappa shape index (κ2) is 4.72. The summed E-state index contributed by atoms with van der Waals surface area (Å²) in [6.45, 7) is 0.833. The van der Waals surface area contributed by atoms with Crippen molar-refractivity contribution in [1.82, 2.24) is 0 Å². The summed E-state index contributed by atoms with van der Waals surface area (Å²) < 4.78 is 5.64. The molecule has 16 heavy (non-hydrogen) atoms. The second-order valence-corrected chi connectivity index (χ2v) is 3.85.